The Morgan fingerprint density at radius 2 is 2.13 bits per heavy atom. The number of aromatic nitrogens is 2. The first kappa shape index (κ1) is 16.3. The molecule has 0 amide bonds. The predicted molar refractivity (Wildman–Crippen MR) is 93.8 cm³/mol. The third kappa shape index (κ3) is 4.24. The molecule has 126 valence electrons. The fourth-order valence-electron chi connectivity index (χ4n) is 3.33. The zero-order chi connectivity index (χ0) is 16.2. The van der Waals surface area contributed by atoms with E-state index < -0.39 is 0 Å². The van der Waals surface area contributed by atoms with Crippen molar-refractivity contribution in [2.45, 2.75) is 39.3 Å². The van der Waals surface area contributed by atoms with E-state index in [4.69, 9.17) is 4.74 Å². The number of H-pyrrole nitrogens is 1. The SMILES string of the molecule is COc1ccc2nc(CNC3CCN(CC(C)C)CC3)[nH]c2c1. The number of nitrogens with one attached hydrogen (secondary N) is 2. The van der Waals surface area contributed by atoms with E-state index in [0.717, 1.165) is 35.1 Å². The number of methoxy groups -OCH3 is 1. The van der Waals surface area contributed by atoms with Crippen LogP contribution in [0.15, 0.2) is 18.2 Å². The molecule has 1 aromatic heterocycles. The first-order chi connectivity index (χ1) is 11.1. The molecule has 1 fully saturated rings. The summed E-state index contributed by atoms with van der Waals surface area (Å²) in [6, 6.07) is 6.54. The first-order valence-corrected chi connectivity index (χ1v) is 8.62. The van der Waals surface area contributed by atoms with Crippen LogP contribution in [0.2, 0.25) is 0 Å². The Bertz CT molecular complexity index is 629. The molecule has 1 aromatic carbocycles. The number of piperidine rings is 1. The van der Waals surface area contributed by atoms with Crippen LogP contribution in [0.3, 0.4) is 0 Å². The molecule has 0 atom stereocenters. The zero-order valence-electron chi connectivity index (χ0n) is 14.4. The number of nitrogens with zero attached hydrogens (tertiary/aromatic N) is 2. The van der Waals surface area contributed by atoms with Crippen molar-refractivity contribution in [1.82, 2.24) is 20.2 Å². The summed E-state index contributed by atoms with van der Waals surface area (Å²) in [5, 5.41) is 3.65. The first-order valence-electron chi connectivity index (χ1n) is 8.62. The van der Waals surface area contributed by atoms with E-state index >= 15 is 0 Å². The molecule has 0 bridgehead atoms. The van der Waals surface area contributed by atoms with E-state index in [2.05, 4.69) is 34.0 Å². The fraction of sp³-hybridized carbons (Fsp3) is 0.611. The smallest absolute Gasteiger partial charge is 0.121 e. The van der Waals surface area contributed by atoms with Gasteiger partial charge in [-0.15, -0.1) is 0 Å². The lowest BCUT2D eigenvalue weighted by molar-refractivity contribution is 0.179. The van der Waals surface area contributed by atoms with E-state index in [0.29, 0.717) is 6.04 Å². The summed E-state index contributed by atoms with van der Waals surface area (Å²) in [7, 11) is 1.69. The maximum atomic E-state index is 5.26. The number of ether oxygens (including phenoxy) is 1. The topological polar surface area (TPSA) is 53.2 Å². The molecule has 2 heterocycles. The molecule has 3 rings (SSSR count). The van der Waals surface area contributed by atoms with Gasteiger partial charge < -0.3 is 19.9 Å². The Labute approximate surface area is 138 Å². The van der Waals surface area contributed by atoms with Crippen molar-refractivity contribution in [2.75, 3.05) is 26.7 Å². The minimum absolute atomic E-state index is 0.598. The van der Waals surface area contributed by atoms with Crippen molar-refractivity contribution in [1.29, 1.82) is 0 Å². The van der Waals surface area contributed by atoms with Crippen molar-refractivity contribution in [3.05, 3.63) is 24.0 Å². The second-order valence-corrected chi connectivity index (χ2v) is 6.92. The van der Waals surface area contributed by atoms with Crippen molar-refractivity contribution in [2.24, 2.45) is 5.92 Å². The number of imidazole rings is 1. The van der Waals surface area contributed by atoms with E-state index in [-0.39, 0.29) is 0 Å². The molecule has 5 nitrogen and oxygen atoms in total. The van der Waals surface area contributed by atoms with Crippen LogP contribution in [0.1, 0.15) is 32.5 Å². The summed E-state index contributed by atoms with van der Waals surface area (Å²) >= 11 is 0. The summed E-state index contributed by atoms with van der Waals surface area (Å²) in [4.78, 5) is 10.6. The molecule has 0 unspecified atom stereocenters. The Kier molecular flexibility index (Phi) is 5.18. The van der Waals surface area contributed by atoms with Gasteiger partial charge in [0.15, 0.2) is 0 Å². The second kappa shape index (κ2) is 7.32. The van der Waals surface area contributed by atoms with Gasteiger partial charge in [0.05, 0.1) is 24.7 Å². The molecule has 1 saturated heterocycles. The molecule has 0 radical (unpaired) electrons. The molecular formula is C18H28N4O. The molecule has 5 heteroatoms. The molecule has 2 N–H and O–H groups in total. The van der Waals surface area contributed by atoms with E-state index in [1.807, 2.05) is 18.2 Å². The normalized spacial score (nSPS) is 17.2. The van der Waals surface area contributed by atoms with Crippen molar-refractivity contribution in [3.63, 3.8) is 0 Å². The largest absolute Gasteiger partial charge is 0.497 e. The van der Waals surface area contributed by atoms with Crippen LogP contribution in [0.25, 0.3) is 11.0 Å². The average Bonchev–Trinajstić information content (AvgIpc) is 2.95. The van der Waals surface area contributed by atoms with Gasteiger partial charge in [-0.2, -0.15) is 0 Å². The summed E-state index contributed by atoms with van der Waals surface area (Å²) in [5.41, 5.74) is 2.03. The minimum Gasteiger partial charge on any atom is -0.497 e. The van der Waals surface area contributed by atoms with Gasteiger partial charge in [-0.05, 0) is 44.0 Å². The maximum Gasteiger partial charge on any atom is 0.121 e. The number of fused-ring (bicyclic) bond motifs is 1. The highest BCUT2D eigenvalue weighted by molar-refractivity contribution is 5.76. The van der Waals surface area contributed by atoms with E-state index in [1.54, 1.807) is 7.11 Å². The van der Waals surface area contributed by atoms with Crippen LogP contribution >= 0.6 is 0 Å². The lowest BCUT2D eigenvalue weighted by Crippen LogP contribution is -2.43. The highest BCUT2D eigenvalue weighted by Gasteiger charge is 2.19. The number of likely N-dealkylation sites (tertiary alicyclic amines) is 1. The van der Waals surface area contributed by atoms with Gasteiger partial charge in [0, 0.05) is 18.7 Å². The van der Waals surface area contributed by atoms with Gasteiger partial charge in [0.1, 0.15) is 11.6 Å². The molecule has 0 spiro atoms. The molecule has 2 aromatic rings. The number of hydrogen-bond donors (Lipinski definition) is 2. The molecular weight excluding hydrogens is 288 g/mol. The van der Waals surface area contributed by atoms with Crippen molar-refractivity contribution >= 4 is 11.0 Å². The summed E-state index contributed by atoms with van der Waals surface area (Å²) in [5.74, 6) is 2.61. The summed E-state index contributed by atoms with van der Waals surface area (Å²) in [6.07, 6.45) is 2.45. The minimum atomic E-state index is 0.598. The highest BCUT2D eigenvalue weighted by Crippen LogP contribution is 2.19. The second-order valence-electron chi connectivity index (χ2n) is 6.92. The Morgan fingerprint density at radius 1 is 1.35 bits per heavy atom. The Morgan fingerprint density at radius 3 is 2.83 bits per heavy atom. The molecule has 1 aliphatic heterocycles. The Balaban J connectivity index is 1.51. The summed E-state index contributed by atoms with van der Waals surface area (Å²) in [6.45, 7) is 9.01. The van der Waals surface area contributed by atoms with E-state index in [1.165, 1.54) is 32.5 Å². The van der Waals surface area contributed by atoms with Crippen LogP contribution in [0.5, 0.6) is 5.75 Å². The third-order valence-electron chi connectivity index (χ3n) is 4.51. The van der Waals surface area contributed by atoms with Crippen molar-refractivity contribution in [3.8, 4) is 5.75 Å². The Hall–Kier alpha value is -1.59. The van der Waals surface area contributed by atoms with Gasteiger partial charge in [-0.1, -0.05) is 13.8 Å². The molecule has 0 aliphatic carbocycles. The van der Waals surface area contributed by atoms with Crippen molar-refractivity contribution < 1.29 is 4.74 Å². The van der Waals surface area contributed by atoms with Crippen LogP contribution < -0.4 is 10.1 Å². The van der Waals surface area contributed by atoms with Gasteiger partial charge >= 0.3 is 0 Å². The molecule has 1 aliphatic rings. The van der Waals surface area contributed by atoms with Crippen LogP contribution in [0.4, 0.5) is 0 Å². The van der Waals surface area contributed by atoms with Crippen LogP contribution in [-0.4, -0.2) is 47.7 Å². The van der Waals surface area contributed by atoms with Crippen LogP contribution in [-0.2, 0) is 6.54 Å². The van der Waals surface area contributed by atoms with Gasteiger partial charge in [0.2, 0.25) is 0 Å². The average molecular weight is 316 g/mol. The lowest BCUT2D eigenvalue weighted by atomic mass is 10.0. The number of rotatable bonds is 6. The summed E-state index contributed by atoms with van der Waals surface area (Å²) < 4.78 is 5.26. The van der Waals surface area contributed by atoms with E-state index in [9.17, 15) is 0 Å². The van der Waals surface area contributed by atoms with Crippen LogP contribution in [0, 0.1) is 5.92 Å². The maximum absolute atomic E-state index is 5.26. The quantitative estimate of drug-likeness (QED) is 0.860. The van der Waals surface area contributed by atoms with Gasteiger partial charge in [0.25, 0.3) is 0 Å². The van der Waals surface area contributed by atoms with Gasteiger partial charge in [-0.25, -0.2) is 4.98 Å². The standard InChI is InChI=1S/C18H28N4O/c1-13(2)12-22-8-6-14(7-9-22)19-11-18-20-16-5-4-15(23-3)10-17(16)21-18/h4-5,10,13-14,19H,6-9,11-12H2,1-3H3,(H,20,21). The number of hydrogen-bond acceptors (Lipinski definition) is 4. The number of aromatic amines is 1. The monoisotopic (exact) mass is 316 g/mol. The molecule has 23 heavy (non-hydrogen) atoms. The fourth-order valence-corrected chi connectivity index (χ4v) is 3.33. The third-order valence-corrected chi connectivity index (χ3v) is 4.51. The van der Waals surface area contributed by atoms with Gasteiger partial charge in [-0.3, -0.25) is 0 Å². The lowest BCUT2D eigenvalue weighted by Gasteiger charge is -2.33. The highest BCUT2D eigenvalue weighted by atomic mass is 16.5. The number of benzene rings is 1. The zero-order valence-corrected chi connectivity index (χ0v) is 14.4. The molecule has 0 saturated carbocycles. The predicted octanol–water partition coefficient (Wildman–Crippen LogP) is 2.78.